The summed E-state index contributed by atoms with van der Waals surface area (Å²) in [6.45, 7) is 4.05. The fraction of sp³-hybridized carbons (Fsp3) is 0.458. The van der Waals surface area contributed by atoms with E-state index in [1.54, 1.807) is 12.2 Å². The van der Waals surface area contributed by atoms with Gasteiger partial charge >= 0.3 is 0 Å². The number of rotatable bonds is 6. The molecule has 0 spiro atoms. The molecule has 162 valence electrons. The van der Waals surface area contributed by atoms with Gasteiger partial charge in [-0.25, -0.2) is 0 Å². The average molecular weight is 455 g/mol. The first-order valence-electron chi connectivity index (χ1n) is 10.9. The molecule has 31 heavy (non-hydrogen) atoms. The third-order valence-corrected chi connectivity index (χ3v) is 8.39. The number of hydrazine groups is 1. The molecule has 1 saturated heterocycles. The number of thioether (sulfide) groups is 1. The second-order valence-corrected chi connectivity index (χ2v) is 11.0. The van der Waals surface area contributed by atoms with Gasteiger partial charge in [0.05, 0.1) is 10.3 Å². The predicted octanol–water partition coefficient (Wildman–Crippen LogP) is 4.70. The van der Waals surface area contributed by atoms with Gasteiger partial charge in [0, 0.05) is 5.56 Å². The summed E-state index contributed by atoms with van der Waals surface area (Å²) < 4.78 is 6.05. The van der Waals surface area contributed by atoms with E-state index >= 15 is 0 Å². The Kier molecular flexibility index (Phi) is 5.42. The van der Waals surface area contributed by atoms with E-state index in [9.17, 15) is 9.59 Å². The molecule has 4 aliphatic carbocycles. The minimum absolute atomic E-state index is 0.0288. The number of para-hydroxylation sites is 1. The Balaban J connectivity index is 1.33. The van der Waals surface area contributed by atoms with Gasteiger partial charge in [-0.1, -0.05) is 42.6 Å². The van der Waals surface area contributed by atoms with E-state index in [0.29, 0.717) is 39.3 Å². The molecule has 2 amide bonds. The van der Waals surface area contributed by atoms with Crippen LogP contribution in [0.4, 0.5) is 0 Å². The number of hydrogen-bond acceptors (Lipinski definition) is 5. The molecule has 4 bridgehead atoms. The van der Waals surface area contributed by atoms with E-state index in [-0.39, 0.29) is 17.2 Å². The van der Waals surface area contributed by atoms with Crippen molar-refractivity contribution in [1.29, 1.82) is 0 Å². The molecule has 1 heterocycles. The van der Waals surface area contributed by atoms with Crippen molar-refractivity contribution < 1.29 is 14.3 Å². The maximum absolute atomic E-state index is 13.4. The number of carbonyl (C=O) groups is 2. The van der Waals surface area contributed by atoms with Gasteiger partial charge in [-0.2, -0.15) is 5.01 Å². The second-order valence-electron chi connectivity index (χ2n) is 9.29. The summed E-state index contributed by atoms with van der Waals surface area (Å²) >= 11 is 6.65. The van der Waals surface area contributed by atoms with E-state index in [4.69, 9.17) is 17.0 Å². The number of benzene rings is 1. The van der Waals surface area contributed by atoms with Crippen LogP contribution in [0.25, 0.3) is 6.08 Å². The van der Waals surface area contributed by atoms with Crippen molar-refractivity contribution >= 4 is 46.2 Å². The Morgan fingerprint density at radius 3 is 2.52 bits per heavy atom. The fourth-order valence-electron chi connectivity index (χ4n) is 6.19. The van der Waals surface area contributed by atoms with Crippen LogP contribution in [0.5, 0.6) is 5.75 Å². The summed E-state index contributed by atoms with van der Waals surface area (Å²) in [5, 5.41) is 1.26. The van der Waals surface area contributed by atoms with Crippen molar-refractivity contribution in [3.05, 3.63) is 47.4 Å². The van der Waals surface area contributed by atoms with Crippen LogP contribution in [0.1, 0.15) is 44.1 Å². The second kappa shape index (κ2) is 8.10. The van der Waals surface area contributed by atoms with E-state index in [1.807, 2.05) is 24.3 Å². The van der Waals surface area contributed by atoms with Crippen LogP contribution in [-0.2, 0) is 9.59 Å². The first kappa shape index (κ1) is 20.8. The molecule has 1 aromatic rings. The van der Waals surface area contributed by atoms with E-state index < -0.39 is 0 Å². The molecular weight excluding hydrogens is 428 g/mol. The summed E-state index contributed by atoms with van der Waals surface area (Å²) in [6.07, 6.45) is 10.1. The molecule has 1 N–H and O–H groups in total. The van der Waals surface area contributed by atoms with Crippen LogP contribution in [0.15, 0.2) is 41.8 Å². The van der Waals surface area contributed by atoms with Gasteiger partial charge in [-0.05, 0) is 80.6 Å². The Hall–Kier alpha value is -2.12. The topological polar surface area (TPSA) is 58.6 Å². The van der Waals surface area contributed by atoms with Crippen molar-refractivity contribution in [3.8, 4) is 5.75 Å². The van der Waals surface area contributed by atoms with E-state index in [2.05, 4.69) is 12.0 Å². The van der Waals surface area contributed by atoms with Crippen LogP contribution in [0, 0.1) is 23.2 Å². The lowest BCUT2D eigenvalue weighted by Crippen LogP contribution is -2.57. The van der Waals surface area contributed by atoms with Crippen molar-refractivity contribution in [3.63, 3.8) is 0 Å². The highest BCUT2D eigenvalue weighted by Crippen LogP contribution is 2.60. The van der Waals surface area contributed by atoms with Gasteiger partial charge in [0.25, 0.3) is 5.91 Å². The summed E-state index contributed by atoms with van der Waals surface area (Å²) in [6, 6.07) is 7.51. The first-order valence-corrected chi connectivity index (χ1v) is 12.1. The monoisotopic (exact) mass is 454 g/mol. The van der Waals surface area contributed by atoms with Crippen molar-refractivity contribution in [2.75, 3.05) is 6.61 Å². The van der Waals surface area contributed by atoms with Crippen LogP contribution in [0.2, 0.25) is 0 Å². The SMILES string of the molecule is C=CCOc1ccccc1/C=C1\SC(=S)N(NC(=O)C23CC4CC(CC(C4)C2)C3)C1=O. The molecule has 0 unspecified atom stereocenters. The van der Waals surface area contributed by atoms with Crippen molar-refractivity contribution in [1.82, 2.24) is 10.4 Å². The Labute approximate surface area is 192 Å². The molecule has 0 atom stereocenters. The minimum Gasteiger partial charge on any atom is -0.489 e. The van der Waals surface area contributed by atoms with Crippen molar-refractivity contribution in [2.45, 2.75) is 38.5 Å². The van der Waals surface area contributed by atoms with Crippen molar-refractivity contribution in [2.24, 2.45) is 23.2 Å². The molecule has 6 rings (SSSR count). The third-order valence-electron chi connectivity index (χ3n) is 7.09. The Morgan fingerprint density at radius 1 is 1.23 bits per heavy atom. The molecule has 7 heteroatoms. The quantitative estimate of drug-likeness (QED) is 0.384. The fourth-order valence-corrected chi connectivity index (χ4v) is 7.36. The molecule has 0 aromatic heterocycles. The predicted molar refractivity (Wildman–Crippen MR) is 126 cm³/mol. The number of amides is 2. The minimum atomic E-state index is -0.326. The summed E-state index contributed by atoms with van der Waals surface area (Å²) in [5.74, 6) is 2.34. The summed E-state index contributed by atoms with van der Waals surface area (Å²) in [7, 11) is 0. The third kappa shape index (κ3) is 3.82. The normalized spacial score (nSPS) is 32.6. The molecule has 5 fully saturated rings. The van der Waals surface area contributed by atoms with Gasteiger partial charge < -0.3 is 4.74 Å². The van der Waals surface area contributed by atoms with Gasteiger partial charge in [-0.15, -0.1) is 0 Å². The lowest BCUT2D eigenvalue weighted by molar-refractivity contribution is -0.152. The smallest absolute Gasteiger partial charge is 0.285 e. The van der Waals surface area contributed by atoms with Gasteiger partial charge in [0.2, 0.25) is 5.91 Å². The first-order chi connectivity index (χ1) is 15.0. The standard InChI is InChI=1S/C24H26N2O3S2/c1-2-7-29-19-6-4-3-5-18(19)11-20-21(27)26(23(30)31-20)25-22(28)24-12-15-8-16(13-24)10-17(9-15)14-24/h2-6,11,15-17H,1,7-10,12-14H2,(H,25,28)/b20-11-. The maximum atomic E-state index is 13.4. The molecule has 5 nitrogen and oxygen atoms in total. The van der Waals surface area contributed by atoms with Crippen LogP contribution < -0.4 is 10.2 Å². The molecule has 4 saturated carbocycles. The lowest BCUT2D eigenvalue weighted by Gasteiger charge is -2.55. The molecule has 0 radical (unpaired) electrons. The van der Waals surface area contributed by atoms with Crippen LogP contribution in [0.3, 0.4) is 0 Å². The number of ether oxygens (including phenoxy) is 1. The zero-order chi connectivity index (χ0) is 21.6. The van der Waals surface area contributed by atoms with Gasteiger partial charge in [0.1, 0.15) is 12.4 Å². The Bertz CT molecular complexity index is 952. The molecular formula is C24H26N2O3S2. The van der Waals surface area contributed by atoms with Gasteiger partial charge in [-0.3, -0.25) is 15.0 Å². The number of nitrogens with one attached hydrogen (secondary N) is 1. The molecule has 1 aliphatic heterocycles. The average Bonchev–Trinajstić information content (AvgIpc) is 2.99. The lowest BCUT2D eigenvalue weighted by atomic mass is 9.49. The van der Waals surface area contributed by atoms with Crippen LogP contribution >= 0.6 is 24.0 Å². The highest BCUT2D eigenvalue weighted by atomic mass is 32.2. The molecule has 5 aliphatic rings. The van der Waals surface area contributed by atoms with Gasteiger partial charge in [0.15, 0.2) is 4.32 Å². The zero-order valence-corrected chi connectivity index (χ0v) is 19.0. The number of nitrogens with zero attached hydrogens (tertiary/aromatic N) is 1. The van der Waals surface area contributed by atoms with E-state index in [0.717, 1.165) is 24.8 Å². The zero-order valence-electron chi connectivity index (χ0n) is 17.3. The number of hydrogen-bond donors (Lipinski definition) is 1. The van der Waals surface area contributed by atoms with E-state index in [1.165, 1.54) is 36.0 Å². The highest BCUT2D eigenvalue weighted by molar-refractivity contribution is 8.26. The highest BCUT2D eigenvalue weighted by Gasteiger charge is 2.55. The summed E-state index contributed by atoms with van der Waals surface area (Å²) in [4.78, 5) is 26.9. The van der Waals surface area contributed by atoms with Crippen LogP contribution in [-0.4, -0.2) is 27.8 Å². The maximum Gasteiger partial charge on any atom is 0.285 e. The number of thiocarbonyl (C=S) groups is 1. The Morgan fingerprint density at radius 2 is 1.87 bits per heavy atom. The largest absolute Gasteiger partial charge is 0.489 e. The number of carbonyl (C=O) groups excluding carboxylic acids is 2. The molecule has 1 aromatic carbocycles. The summed E-state index contributed by atoms with van der Waals surface area (Å²) in [5.41, 5.74) is 3.36.